The first-order valence-electron chi connectivity index (χ1n) is 7.35. The normalized spacial score (nSPS) is 43.3. The van der Waals surface area contributed by atoms with E-state index in [1.54, 1.807) is 7.11 Å². The van der Waals surface area contributed by atoms with Gasteiger partial charge in [0.25, 0.3) is 0 Å². The molecule has 0 unspecified atom stereocenters. The Morgan fingerprint density at radius 2 is 2.21 bits per heavy atom. The molecule has 0 aromatic heterocycles. The number of fused-ring (bicyclic) bond motifs is 2. The molecule has 2 aliphatic heterocycles. The van der Waals surface area contributed by atoms with Crippen LogP contribution in [0.25, 0.3) is 0 Å². The van der Waals surface area contributed by atoms with Gasteiger partial charge in [0, 0.05) is 20.3 Å². The van der Waals surface area contributed by atoms with Crippen molar-refractivity contribution in [3.05, 3.63) is 0 Å². The number of amides is 1. The summed E-state index contributed by atoms with van der Waals surface area (Å²) in [6.45, 7) is 4.44. The van der Waals surface area contributed by atoms with E-state index in [2.05, 4.69) is 10.2 Å². The second kappa shape index (κ2) is 5.04. The maximum Gasteiger partial charge on any atom is 0.241 e. The summed E-state index contributed by atoms with van der Waals surface area (Å²) in [6, 6.07) is -0.0901. The van der Waals surface area contributed by atoms with Crippen molar-refractivity contribution in [1.82, 2.24) is 10.2 Å². The Morgan fingerprint density at radius 1 is 1.47 bits per heavy atom. The minimum atomic E-state index is -0.107. The van der Waals surface area contributed by atoms with Crippen LogP contribution in [0.1, 0.15) is 32.6 Å². The van der Waals surface area contributed by atoms with E-state index in [4.69, 9.17) is 9.47 Å². The van der Waals surface area contributed by atoms with Gasteiger partial charge in [-0.15, -0.1) is 0 Å². The third-order valence-electron chi connectivity index (χ3n) is 5.00. The van der Waals surface area contributed by atoms with Crippen molar-refractivity contribution in [1.29, 1.82) is 0 Å². The van der Waals surface area contributed by atoms with Crippen molar-refractivity contribution in [2.45, 2.75) is 50.4 Å². The number of morpholine rings is 1. The van der Waals surface area contributed by atoms with Crippen molar-refractivity contribution in [3.63, 3.8) is 0 Å². The number of nitrogens with one attached hydrogen (secondary N) is 1. The van der Waals surface area contributed by atoms with Crippen molar-refractivity contribution in [2.24, 2.45) is 5.92 Å². The van der Waals surface area contributed by atoms with Gasteiger partial charge >= 0.3 is 0 Å². The summed E-state index contributed by atoms with van der Waals surface area (Å²) in [4.78, 5) is 14.6. The topological polar surface area (TPSA) is 50.8 Å². The molecule has 19 heavy (non-hydrogen) atoms. The van der Waals surface area contributed by atoms with Crippen LogP contribution in [0.3, 0.4) is 0 Å². The second-order valence-electron chi connectivity index (χ2n) is 6.13. The summed E-state index contributed by atoms with van der Waals surface area (Å²) in [5, 5.41) is 3.27. The minimum Gasteiger partial charge on any atom is -0.384 e. The molecule has 0 bridgehead atoms. The lowest BCUT2D eigenvalue weighted by Crippen LogP contribution is -2.59. The van der Waals surface area contributed by atoms with Gasteiger partial charge in [-0.25, -0.2) is 0 Å². The number of carbonyl (C=O) groups is 1. The number of nitrogens with zero attached hydrogens (tertiary/aromatic N) is 1. The van der Waals surface area contributed by atoms with Crippen LogP contribution < -0.4 is 5.32 Å². The molecular weight excluding hydrogens is 244 g/mol. The Morgan fingerprint density at radius 3 is 2.89 bits per heavy atom. The molecule has 3 fully saturated rings. The summed E-state index contributed by atoms with van der Waals surface area (Å²) in [7, 11) is 1.77. The highest BCUT2D eigenvalue weighted by atomic mass is 16.5. The molecule has 2 heterocycles. The molecule has 3 aliphatic rings. The smallest absolute Gasteiger partial charge is 0.241 e. The monoisotopic (exact) mass is 268 g/mol. The maximum absolute atomic E-state index is 12.2. The molecule has 1 saturated carbocycles. The van der Waals surface area contributed by atoms with Gasteiger partial charge in [0.15, 0.2) is 0 Å². The largest absolute Gasteiger partial charge is 0.384 e. The van der Waals surface area contributed by atoms with Gasteiger partial charge in [-0.2, -0.15) is 0 Å². The molecule has 5 nitrogen and oxygen atoms in total. The molecule has 108 valence electrons. The zero-order valence-corrected chi connectivity index (χ0v) is 11.9. The fourth-order valence-corrected chi connectivity index (χ4v) is 4.00. The third kappa shape index (κ3) is 2.18. The minimum absolute atomic E-state index is 0.00447. The Balaban J connectivity index is 1.73. The zero-order chi connectivity index (χ0) is 13.5. The van der Waals surface area contributed by atoms with Gasteiger partial charge in [0.2, 0.25) is 5.91 Å². The zero-order valence-electron chi connectivity index (χ0n) is 11.9. The van der Waals surface area contributed by atoms with Crippen molar-refractivity contribution in [2.75, 3.05) is 26.9 Å². The Bertz CT molecular complexity index is 353. The fraction of sp³-hybridized carbons (Fsp3) is 0.929. The van der Waals surface area contributed by atoms with Crippen LogP contribution in [0.2, 0.25) is 0 Å². The molecule has 1 aliphatic carbocycles. The lowest BCUT2D eigenvalue weighted by atomic mass is 9.81. The first-order chi connectivity index (χ1) is 9.16. The maximum atomic E-state index is 12.2. The third-order valence-corrected chi connectivity index (χ3v) is 5.00. The Hall–Kier alpha value is -0.650. The van der Waals surface area contributed by atoms with E-state index in [-0.39, 0.29) is 23.7 Å². The van der Waals surface area contributed by atoms with Crippen LogP contribution in [0.15, 0.2) is 0 Å². The first kappa shape index (κ1) is 13.3. The lowest BCUT2D eigenvalue weighted by molar-refractivity contribution is -0.130. The molecule has 5 heteroatoms. The van der Waals surface area contributed by atoms with E-state index in [1.807, 2.05) is 6.92 Å². The number of ether oxygens (including phenoxy) is 2. The van der Waals surface area contributed by atoms with Crippen molar-refractivity contribution < 1.29 is 14.3 Å². The molecule has 1 amide bonds. The summed E-state index contributed by atoms with van der Waals surface area (Å²) in [6.07, 6.45) is 4.34. The summed E-state index contributed by atoms with van der Waals surface area (Å²) < 4.78 is 10.9. The number of hydrogen-bond donors (Lipinski definition) is 1. The van der Waals surface area contributed by atoms with Crippen LogP contribution in [0.4, 0.5) is 0 Å². The fourth-order valence-electron chi connectivity index (χ4n) is 4.00. The number of rotatable bonds is 2. The van der Waals surface area contributed by atoms with E-state index in [1.165, 1.54) is 0 Å². The van der Waals surface area contributed by atoms with Crippen LogP contribution in [0.5, 0.6) is 0 Å². The molecule has 1 N–H and O–H groups in total. The van der Waals surface area contributed by atoms with Crippen molar-refractivity contribution >= 4 is 5.91 Å². The van der Waals surface area contributed by atoms with Crippen LogP contribution in [-0.4, -0.2) is 55.5 Å². The quantitative estimate of drug-likeness (QED) is 0.802. The summed E-state index contributed by atoms with van der Waals surface area (Å²) in [5.74, 6) is 0.794. The molecule has 0 radical (unpaired) electrons. The highest BCUT2D eigenvalue weighted by Crippen LogP contribution is 2.40. The van der Waals surface area contributed by atoms with Gasteiger partial charge < -0.3 is 14.8 Å². The average Bonchev–Trinajstić information content (AvgIpc) is 2.67. The van der Waals surface area contributed by atoms with Gasteiger partial charge in [-0.05, 0) is 38.5 Å². The van der Waals surface area contributed by atoms with E-state index in [9.17, 15) is 4.79 Å². The predicted molar refractivity (Wildman–Crippen MR) is 70.6 cm³/mol. The average molecular weight is 268 g/mol. The highest BCUT2D eigenvalue weighted by molar-refractivity contribution is 5.85. The Labute approximate surface area is 114 Å². The van der Waals surface area contributed by atoms with Gasteiger partial charge in [0.05, 0.1) is 18.4 Å². The number of methoxy groups -OCH3 is 1. The van der Waals surface area contributed by atoms with E-state index < -0.39 is 0 Å². The second-order valence-corrected chi connectivity index (χ2v) is 6.13. The SMILES string of the molecule is COCC1CCC2(CC1)NC(=O)[C@@H]1[C@@H](C)OCCN12. The molecule has 0 aromatic carbocycles. The Kier molecular flexibility index (Phi) is 3.53. The molecule has 2 atom stereocenters. The summed E-state index contributed by atoms with van der Waals surface area (Å²) in [5.41, 5.74) is -0.107. The van der Waals surface area contributed by atoms with E-state index in [0.29, 0.717) is 5.92 Å². The molecule has 0 aromatic rings. The number of carbonyl (C=O) groups excluding carboxylic acids is 1. The summed E-state index contributed by atoms with van der Waals surface area (Å²) >= 11 is 0. The molecular formula is C14H24N2O3. The first-order valence-corrected chi connectivity index (χ1v) is 7.35. The lowest BCUT2D eigenvalue weighted by Gasteiger charge is -2.46. The van der Waals surface area contributed by atoms with Crippen LogP contribution in [0, 0.1) is 5.92 Å². The molecule has 1 spiro atoms. The highest BCUT2D eigenvalue weighted by Gasteiger charge is 2.54. The van der Waals surface area contributed by atoms with Gasteiger partial charge in [-0.3, -0.25) is 9.69 Å². The standard InChI is InChI=1S/C14H24N2O3/c1-10-12-13(17)15-14(16(12)7-8-19-10)5-3-11(4-6-14)9-18-2/h10-12H,3-9H2,1-2H3,(H,15,17)/t10-,11?,12+,14?/m1/s1. The van der Waals surface area contributed by atoms with E-state index in [0.717, 1.165) is 45.4 Å². The van der Waals surface area contributed by atoms with E-state index >= 15 is 0 Å². The molecule has 3 rings (SSSR count). The van der Waals surface area contributed by atoms with Crippen molar-refractivity contribution in [3.8, 4) is 0 Å². The number of hydrogen-bond acceptors (Lipinski definition) is 4. The van der Waals surface area contributed by atoms with Crippen LogP contribution >= 0.6 is 0 Å². The predicted octanol–water partition coefficient (Wildman–Crippen LogP) is 0.738. The molecule has 2 saturated heterocycles. The van der Waals surface area contributed by atoms with Gasteiger partial charge in [0.1, 0.15) is 6.04 Å². The van der Waals surface area contributed by atoms with Gasteiger partial charge in [-0.1, -0.05) is 0 Å². The van der Waals surface area contributed by atoms with Crippen LogP contribution in [-0.2, 0) is 14.3 Å².